The van der Waals surface area contributed by atoms with Crippen molar-refractivity contribution in [3.8, 4) is 5.69 Å². The number of tetrazole rings is 1. The van der Waals surface area contributed by atoms with E-state index < -0.39 is 10.0 Å². The van der Waals surface area contributed by atoms with Crippen molar-refractivity contribution in [3.63, 3.8) is 0 Å². The van der Waals surface area contributed by atoms with Crippen molar-refractivity contribution >= 4 is 27.5 Å². The van der Waals surface area contributed by atoms with Crippen molar-refractivity contribution in [2.24, 2.45) is 4.99 Å². The fourth-order valence-corrected chi connectivity index (χ4v) is 4.41. The molecule has 0 spiro atoms. The van der Waals surface area contributed by atoms with Gasteiger partial charge in [0, 0.05) is 18.7 Å². The summed E-state index contributed by atoms with van der Waals surface area (Å²) in [6, 6.07) is 13.4. The van der Waals surface area contributed by atoms with Gasteiger partial charge in [0.1, 0.15) is 12.2 Å². The predicted octanol–water partition coefficient (Wildman–Crippen LogP) is 2.09. The maximum absolute atomic E-state index is 12.6. The quantitative estimate of drug-likeness (QED) is 0.588. The summed E-state index contributed by atoms with van der Waals surface area (Å²) in [7, 11) is -3.70. The molecule has 1 aliphatic rings. The number of benzene rings is 2. The van der Waals surface area contributed by atoms with Crippen LogP contribution in [0.4, 0.5) is 5.69 Å². The van der Waals surface area contributed by atoms with E-state index in [1.165, 1.54) is 23.1 Å². The molecule has 2 aromatic carbocycles. The second-order valence-electron chi connectivity index (χ2n) is 7.41. The minimum atomic E-state index is -3.70. The monoisotopic (exact) mass is 453 g/mol. The van der Waals surface area contributed by atoms with E-state index >= 15 is 0 Å². The van der Waals surface area contributed by atoms with Gasteiger partial charge in [-0.15, -0.1) is 5.10 Å². The van der Waals surface area contributed by atoms with Crippen LogP contribution in [0.25, 0.3) is 5.69 Å². The number of rotatable bonds is 6. The number of hydrogen-bond donors (Lipinski definition) is 2. The first-order valence-corrected chi connectivity index (χ1v) is 11.8. The minimum Gasteiger partial charge on any atom is -0.326 e. The molecule has 2 N–H and O–H groups in total. The number of aromatic nitrogens is 4. The maximum Gasteiger partial charge on any atom is 0.262 e. The van der Waals surface area contributed by atoms with E-state index in [0.29, 0.717) is 24.5 Å². The number of nitrogens with zero attached hydrogens (tertiary/aromatic N) is 5. The molecular weight excluding hydrogens is 430 g/mol. The third-order valence-corrected chi connectivity index (χ3v) is 6.39. The van der Waals surface area contributed by atoms with Gasteiger partial charge in [-0.1, -0.05) is 18.6 Å². The first-order chi connectivity index (χ1) is 15.5. The summed E-state index contributed by atoms with van der Waals surface area (Å²) < 4.78 is 29.3. The van der Waals surface area contributed by atoms with Crippen LogP contribution in [0.15, 0.2) is 64.7 Å². The zero-order valence-electron chi connectivity index (χ0n) is 17.3. The molecule has 0 radical (unpaired) electrons. The van der Waals surface area contributed by atoms with Crippen LogP contribution in [-0.2, 0) is 21.2 Å². The molecule has 11 heteroatoms. The zero-order chi connectivity index (χ0) is 22.4. The van der Waals surface area contributed by atoms with Gasteiger partial charge in [-0.25, -0.2) is 13.1 Å². The molecular formula is C21H23N7O3S. The highest BCUT2D eigenvalue weighted by atomic mass is 32.2. The van der Waals surface area contributed by atoms with Crippen molar-refractivity contribution in [3.05, 3.63) is 60.4 Å². The lowest BCUT2D eigenvalue weighted by Gasteiger charge is -2.11. The van der Waals surface area contributed by atoms with Crippen LogP contribution in [0, 0.1) is 0 Å². The van der Waals surface area contributed by atoms with Crippen LogP contribution in [0.1, 0.15) is 31.2 Å². The molecule has 1 aromatic heterocycles. The van der Waals surface area contributed by atoms with Gasteiger partial charge in [0.15, 0.2) is 0 Å². The van der Waals surface area contributed by atoms with Crippen LogP contribution in [-0.4, -0.2) is 46.9 Å². The normalized spacial score (nSPS) is 14.3. The molecule has 32 heavy (non-hydrogen) atoms. The predicted molar refractivity (Wildman–Crippen MR) is 119 cm³/mol. The largest absolute Gasteiger partial charge is 0.326 e. The van der Waals surface area contributed by atoms with Gasteiger partial charge in [0.25, 0.3) is 10.0 Å². The van der Waals surface area contributed by atoms with Crippen molar-refractivity contribution in [1.82, 2.24) is 24.9 Å². The van der Waals surface area contributed by atoms with Crippen LogP contribution >= 0.6 is 0 Å². The van der Waals surface area contributed by atoms with Crippen molar-refractivity contribution < 1.29 is 13.2 Å². The molecule has 0 aliphatic carbocycles. The molecule has 10 nitrogen and oxygen atoms in total. The molecule has 166 valence electrons. The number of carbonyl (C=O) groups is 1. The molecule has 0 bridgehead atoms. The summed E-state index contributed by atoms with van der Waals surface area (Å²) in [4.78, 5) is 16.8. The highest BCUT2D eigenvalue weighted by Gasteiger charge is 2.17. The Labute approximate surface area is 185 Å². The van der Waals surface area contributed by atoms with E-state index in [0.717, 1.165) is 30.5 Å². The van der Waals surface area contributed by atoms with E-state index in [4.69, 9.17) is 0 Å². The molecule has 0 fully saturated rings. The molecule has 0 saturated heterocycles. The van der Waals surface area contributed by atoms with Gasteiger partial charge in [-0.05, 0) is 65.2 Å². The summed E-state index contributed by atoms with van der Waals surface area (Å²) in [6.45, 7) is 0.642. The Bertz CT molecular complexity index is 1190. The average molecular weight is 454 g/mol. The van der Waals surface area contributed by atoms with Crippen molar-refractivity contribution in [2.75, 3.05) is 11.9 Å². The number of aliphatic imine (C=N–C) groups is 1. The minimum absolute atomic E-state index is 0.126. The lowest BCUT2D eigenvalue weighted by atomic mass is 10.1. The molecule has 1 aliphatic heterocycles. The van der Waals surface area contributed by atoms with Gasteiger partial charge in [-0.3, -0.25) is 14.5 Å². The van der Waals surface area contributed by atoms with Crippen LogP contribution < -0.4 is 10.0 Å². The number of anilines is 1. The number of amidine groups is 1. The fourth-order valence-electron chi connectivity index (χ4n) is 3.33. The van der Waals surface area contributed by atoms with Gasteiger partial charge < -0.3 is 5.32 Å². The van der Waals surface area contributed by atoms with E-state index in [1.807, 2.05) is 24.3 Å². The highest BCUT2D eigenvalue weighted by molar-refractivity contribution is 7.90. The summed E-state index contributed by atoms with van der Waals surface area (Å²) in [6.07, 6.45) is 5.24. The van der Waals surface area contributed by atoms with E-state index in [9.17, 15) is 13.2 Å². The summed E-state index contributed by atoms with van der Waals surface area (Å²) in [5.74, 6) is 0.299. The Balaban J connectivity index is 1.34. The summed E-state index contributed by atoms with van der Waals surface area (Å²) in [5.41, 5.74) is 2.14. The SMILES string of the molecule is O=C(Cc1ccc(-n2cnnn2)cc1)Nc1ccc(S(=O)(=O)NC2=NCCCCC2)cc1. The van der Waals surface area contributed by atoms with E-state index in [1.54, 1.807) is 12.1 Å². The van der Waals surface area contributed by atoms with E-state index in [2.05, 4.69) is 30.6 Å². The Morgan fingerprint density at radius 3 is 2.50 bits per heavy atom. The van der Waals surface area contributed by atoms with Crippen LogP contribution in [0.2, 0.25) is 0 Å². The van der Waals surface area contributed by atoms with Gasteiger partial charge in [0.2, 0.25) is 5.91 Å². The number of sulfonamides is 1. The Morgan fingerprint density at radius 1 is 1.00 bits per heavy atom. The third kappa shape index (κ3) is 5.55. The zero-order valence-corrected chi connectivity index (χ0v) is 18.1. The van der Waals surface area contributed by atoms with Crippen LogP contribution in [0.3, 0.4) is 0 Å². The number of amides is 1. The fraction of sp³-hybridized carbons (Fsp3) is 0.286. The van der Waals surface area contributed by atoms with Crippen molar-refractivity contribution in [1.29, 1.82) is 0 Å². The first kappa shape index (κ1) is 21.6. The number of carbonyl (C=O) groups excluding carboxylic acids is 1. The smallest absolute Gasteiger partial charge is 0.262 e. The molecule has 0 atom stereocenters. The lowest BCUT2D eigenvalue weighted by molar-refractivity contribution is -0.115. The summed E-state index contributed by atoms with van der Waals surface area (Å²) in [5, 5.41) is 13.8. The van der Waals surface area contributed by atoms with Crippen LogP contribution in [0.5, 0.6) is 0 Å². The Morgan fingerprint density at radius 2 is 1.78 bits per heavy atom. The number of nitrogens with one attached hydrogen (secondary N) is 2. The number of hydrogen-bond acceptors (Lipinski definition) is 7. The topological polar surface area (TPSA) is 131 Å². The average Bonchev–Trinajstić information content (AvgIpc) is 3.20. The van der Waals surface area contributed by atoms with Gasteiger partial charge >= 0.3 is 0 Å². The molecule has 1 amide bonds. The Hall–Kier alpha value is -3.60. The van der Waals surface area contributed by atoms with Gasteiger partial charge in [-0.2, -0.15) is 0 Å². The maximum atomic E-state index is 12.6. The second-order valence-corrected chi connectivity index (χ2v) is 9.10. The standard InChI is InChI=1S/C21H23N7O3S/c29-21(14-16-5-9-18(10-6-16)28-15-23-26-27-28)24-17-7-11-19(12-8-17)32(30,31)25-20-4-2-1-3-13-22-20/h5-12,15H,1-4,13-14H2,(H,22,25)(H,24,29). The lowest BCUT2D eigenvalue weighted by Crippen LogP contribution is -2.30. The molecule has 3 aromatic rings. The van der Waals surface area contributed by atoms with E-state index in [-0.39, 0.29) is 17.2 Å². The first-order valence-electron chi connectivity index (χ1n) is 10.3. The summed E-state index contributed by atoms with van der Waals surface area (Å²) >= 11 is 0. The molecule has 2 heterocycles. The third-order valence-electron chi connectivity index (χ3n) is 4.99. The second kappa shape index (κ2) is 9.69. The molecule has 4 rings (SSSR count). The van der Waals surface area contributed by atoms with Gasteiger partial charge in [0.05, 0.1) is 17.0 Å². The highest BCUT2D eigenvalue weighted by Crippen LogP contribution is 2.16. The molecule has 0 saturated carbocycles. The Kier molecular flexibility index (Phi) is 6.55. The van der Waals surface area contributed by atoms with Crippen molar-refractivity contribution in [2.45, 2.75) is 37.0 Å². The molecule has 0 unspecified atom stereocenters.